The van der Waals surface area contributed by atoms with E-state index in [0.29, 0.717) is 6.42 Å². The highest BCUT2D eigenvalue weighted by molar-refractivity contribution is 4.90. The highest BCUT2D eigenvalue weighted by Gasteiger charge is 2.15. The summed E-state index contributed by atoms with van der Waals surface area (Å²) in [6.45, 7) is 2.11. The van der Waals surface area contributed by atoms with Gasteiger partial charge in [-0.3, -0.25) is 4.39 Å². The molecular formula is C11H19F. The van der Waals surface area contributed by atoms with Gasteiger partial charge >= 0.3 is 0 Å². The second-order valence-electron chi connectivity index (χ2n) is 3.93. The van der Waals surface area contributed by atoms with Crippen molar-refractivity contribution in [2.75, 3.05) is 6.67 Å². The van der Waals surface area contributed by atoms with Gasteiger partial charge < -0.3 is 0 Å². The average Bonchev–Trinajstić information content (AvgIpc) is 2.09. The predicted molar refractivity (Wildman–Crippen MR) is 50.9 cm³/mol. The Morgan fingerprint density at radius 2 is 1.92 bits per heavy atom. The number of hydrogen-bond donors (Lipinski definition) is 0. The van der Waals surface area contributed by atoms with E-state index in [4.69, 9.17) is 0 Å². The van der Waals surface area contributed by atoms with Crippen LogP contribution in [0.4, 0.5) is 4.39 Å². The molecule has 0 unspecified atom stereocenters. The zero-order valence-corrected chi connectivity index (χ0v) is 7.93. The molecule has 0 saturated heterocycles. The lowest BCUT2D eigenvalue weighted by molar-refractivity contribution is 0.330. The van der Waals surface area contributed by atoms with E-state index in [1.54, 1.807) is 0 Å². The fraction of sp³-hybridized carbons (Fsp3) is 0.818. The predicted octanol–water partition coefficient (Wildman–Crippen LogP) is 3.73. The van der Waals surface area contributed by atoms with E-state index in [2.05, 4.69) is 13.0 Å². The van der Waals surface area contributed by atoms with E-state index >= 15 is 0 Å². The van der Waals surface area contributed by atoms with Crippen LogP contribution >= 0.6 is 0 Å². The van der Waals surface area contributed by atoms with Crippen LogP contribution in [0.25, 0.3) is 0 Å². The van der Waals surface area contributed by atoms with E-state index in [9.17, 15) is 4.39 Å². The van der Waals surface area contributed by atoms with Gasteiger partial charge in [0.25, 0.3) is 0 Å². The lowest BCUT2D eigenvalue weighted by Crippen LogP contribution is -2.09. The second-order valence-corrected chi connectivity index (χ2v) is 3.93. The van der Waals surface area contributed by atoms with Gasteiger partial charge in [-0.25, -0.2) is 0 Å². The van der Waals surface area contributed by atoms with Crippen LogP contribution in [0.3, 0.4) is 0 Å². The first-order chi connectivity index (χ1) is 5.83. The highest BCUT2D eigenvalue weighted by atomic mass is 19.1. The second kappa shape index (κ2) is 5.34. The van der Waals surface area contributed by atoms with Crippen molar-refractivity contribution in [3.05, 3.63) is 12.2 Å². The Balaban J connectivity index is 2.17. The van der Waals surface area contributed by atoms with Gasteiger partial charge in [-0.05, 0) is 31.1 Å². The molecule has 0 aliphatic heterocycles. The van der Waals surface area contributed by atoms with Crippen molar-refractivity contribution in [2.24, 2.45) is 11.8 Å². The van der Waals surface area contributed by atoms with Crippen molar-refractivity contribution in [3.63, 3.8) is 0 Å². The summed E-state index contributed by atoms with van der Waals surface area (Å²) >= 11 is 0. The Bertz CT molecular complexity index is 132. The molecular weight excluding hydrogens is 151 g/mol. The summed E-state index contributed by atoms with van der Waals surface area (Å²) in [5, 5.41) is 0. The summed E-state index contributed by atoms with van der Waals surface area (Å²) in [5.74, 6) is 1.66. The molecule has 70 valence electrons. The Morgan fingerprint density at radius 3 is 2.50 bits per heavy atom. The van der Waals surface area contributed by atoms with Crippen molar-refractivity contribution in [3.8, 4) is 0 Å². The minimum atomic E-state index is -0.209. The molecule has 1 fully saturated rings. The molecule has 1 saturated carbocycles. The van der Waals surface area contributed by atoms with E-state index in [1.165, 1.54) is 25.7 Å². The maximum atomic E-state index is 11.8. The number of allylic oxidation sites excluding steroid dienone is 2. The Morgan fingerprint density at radius 1 is 1.25 bits per heavy atom. The molecule has 0 aromatic heterocycles. The number of rotatable bonds is 3. The highest BCUT2D eigenvalue weighted by Crippen LogP contribution is 2.28. The largest absolute Gasteiger partial charge is 0.251 e. The average molecular weight is 170 g/mol. The smallest absolute Gasteiger partial charge is 0.0928 e. The van der Waals surface area contributed by atoms with Gasteiger partial charge in [-0.2, -0.15) is 0 Å². The first-order valence-electron chi connectivity index (χ1n) is 5.05. The zero-order chi connectivity index (χ0) is 8.81. The fourth-order valence-corrected chi connectivity index (χ4v) is 1.83. The van der Waals surface area contributed by atoms with Gasteiger partial charge in [0.1, 0.15) is 0 Å². The molecule has 0 bridgehead atoms. The van der Waals surface area contributed by atoms with E-state index in [0.717, 1.165) is 11.8 Å². The summed E-state index contributed by atoms with van der Waals surface area (Å²) in [4.78, 5) is 0. The molecule has 0 aromatic rings. The molecule has 1 rings (SSSR count). The van der Waals surface area contributed by atoms with Crippen LogP contribution in [0.2, 0.25) is 0 Å². The summed E-state index contributed by atoms with van der Waals surface area (Å²) in [5.41, 5.74) is 0. The van der Waals surface area contributed by atoms with Crippen LogP contribution in [-0.2, 0) is 0 Å². The molecule has 0 nitrogen and oxygen atoms in total. The standard InChI is InChI=1S/C11H19F/c1-10-5-7-11(8-6-10)4-2-3-9-12/h2,4,10-11H,3,5-9H2,1H3/b4-2+. The van der Waals surface area contributed by atoms with Crippen molar-refractivity contribution in [2.45, 2.75) is 39.0 Å². The molecule has 0 amide bonds. The first kappa shape index (κ1) is 9.76. The summed E-state index contributed by atoms with van der Waals surface area (Å²) in [6, 6.07) is 0. The molecule has 0 aromatic carbocycles. The van der Waals surface area contributed by atoms with Crippen molar-refractivity contribution in [1.29, 1.82) is 0 Å². The normalized spacial score (nSPS) is 31.2. The molecule has 1 aliphatic carbocycles. The van der Waals surface area contributed by atoms with Crippen molar-refractivity contribution >= 4 is 0 Å². The van der Waals surface area contributed by atoms with Crippen LogP contribution in [0.1, 0.15) is 39.0 Å². The monoisotopic (exact) mass is 170 g/mol. The topological polar surface area (TPSA) is 0 Å². The number of alkyl halides is 1. The molecule has 0 heterocycles. The third-order valence-corrected chi connectivity index (χ3v) is 2.74. The fourth-order valence-electron chi connectivity index (χ4n) is 1.83. The summed E-state index contributed by atoms with van der Waals surface area (Å²) in [6.07, 6.45) is 10.1. The third kappa shape index (κ3) is 3.38. The lowest BCUT2D eigenvalue weighted by atomic mass is 9.83. The van der Waals surface area contributed by atoms with Gasteiger partial charge in [0.2, 0.25) is 0 Å². The molecule has 0 radical (unpaired) electrons. The van der Waals surface area contributed by atoms with E-state index < -0.39 is 0 Å². The minimum Gasteiger partial charge on any atom is -0.251 e. The molecule has 1 aliphatic rings. The Kier molecular flexibility index (Phi) is 4.34. The van der Waals surface area contributed by atoms with Crippen molar-refractivity contribution < 1.29 is 4.39 Å². The van der Waals surface area contributed by atoms with E-state index in [1.807, 2.05) is 6.08 Å². The molecule has 0 atom stereocenters. The molecule has 12 heavy (non-hydrogen) atoms. The first-order valence-corrected chi connectivity index (χ1v) is 5.05. The van der Waals surface area contributed by atoms with Crippen LogP contribution < -0.4 is 0 Å². The number of halogens is 1. The van der Waals surface area contributed by atoms with E-state index in [-0.39, 0.29) is 6.67 Å². The van der Waals surface area contributed by atoms with Gasteiger partial charge in [-0.1, -0.05) is 31.9 Å². The molecule has 0 spiro atoms. The van der Waals surface area contributed by atoms with Gasteiger partial charge in [0, 0.05) is 0 Å². The number of hydrogen-bond acceptors (Lipinski definition) is 0. The SMILES string of the molecule is CC1CCC(/C=C/CCF)CC1. The summed E-state index contributed by atoms with van der Waals surface area (Å²) in [7, 11) is 0. The van der Waals surface area contributed by atoms with Crippen molar-refractivity contribution in [1.82, 2.24) is 0 Å². The lowest BCUT2D eigenvalue weighted by Gasteiger charge is -2.23. The Labute approximate surface area is 74.9 Å². The van der Waals surface area contributed by atoms with Gasteiger partial charge in [0.15, 0.2) is 0 Å². The molecule has 0 N–H and O–H groups in total. The van der Waals surface area contributed by atoms with Crippen LogP contribution in [0.15, 0.2) is 12.2 Å². The van der Waals surface area contributed by atoms with Crippen LogP contribution in [0, 0.1) is 11.8 Å². The quantitative estimate of drug-likeness (QED) is 0.566. The minimum absolute atomic E-state index is 0.209. The zero-order valence-electron chi connectivity index (χ0n) is 7.93. The Hall–Kier alpha value is -0.330. The van der Waals surface area contributed by atoms with Crippen LogP contribution in [-0.4, -0.2) is 6.67 Å². The maximum absolute atomic E-state index is 11.8. The van der Waals surface area contributed by atoms with Gasteiger partial charge in [0.05, 0.1) is 6.67 Å². The van der Waals surface area contributed by atoms with Gasteiger partial charge in [-0.15, -0.1) is 0 Å². The summed E-state index contributed by atoms with van der Waals surface area (Å²) < 4.78 is 11.8. The van der Waals surface area contributed by atoms with Crippen LogP contribution in [0.5, 0.6) is 0 Å². The maximum Gasteiger partial charge on any atom is 0.0928 e. The molecule has 1 heteroatoms. The third-order valence-electron chi connectivity index (χ3n) is 2.74.